The molecule has 3 heterocycles. The second-order valence-corrected chi connectivity index (χ2v) is 12.6. The van der Waals surface area contributed by atoms with Crippen LogP contribution in [0.1, 0.15) is 50.3 Å². The molecule has 4 amide bonds. The smallest absolute Gasteiger partial charge is 0.325 e. The molecule has 0 saturated carbocycles. The van der Waals surface area contributed by atoms with Gasteiger partial charge in [-0.2, -0.15) is 4.31 Å². The summed E-state index contributed by atoms with van der Waals surface area (Å²) in [5.41, 5.74) is 0.670. The first-order chi connectivity index (χ1) is 17.2. The molecule has 4 rings (SSSR count). The second-order valence-electron chi connectivity index (χ2n) is 10.7. The standard InChI is InChI=1S/C25H33N5O6S/c1-16-21(17(2)36-27-16)37(34,35)29-13-11-28(12-14-29)20(31)15-30-22(32)25(6,26-23(30)33)19-9-7-18(8-10-19)24(3,4)5/h7-10H,11-15H2,1-6H3,(H,26,33). The Labute approximate surface area is 216 Å². The van der Waals surface area contributed by atoms with Crippen LogP contribution in [0.15, 0.2) is 33.7 Å². The van der Waals surface area contributed by atoms with E-state index in [-0.39, 0.29) is 47.9 Å². The number of amides is 4. The number of sulfonamides is 1. The van der Waals surface area contributed by atoms with Crippen LogP contribution in [0.3, 0.4) is 0 Å². The number of urea groups is 1. The van der Waals surface area contributed by atoms with Crippen LogP contribution in [0.4, 0.5) is 4.79 Å². The van der Waals surface area contributed by atoms with Gasteiger partial charge in [-0.3, -0.25) is 14.5 Å². The highest BCUT2D eigenvalue weighted by Gasteiger charge is 2.50. The van der Waals surface area contributed by atoms with Crippen molar-refractivity contribution < 1.29 is 27.3 Å². The monoisotopic (exact) mass is 531 g/mol. The maximum absolute atomic E-state index is 13.3. The zero-order chi connectivity index (χ0) is 27.3. The molecule has 1 N–H and O–H groups in total. The molecule has 1 aromatic carbocycles. The van der Waals surface area contributed by atoms with Gasteiger partial charge in [0.15, 0.2) is 5.76 Å². The Morgan fingerprint density at radius 1 is 1.08 bits per heavy atom. The average molecular weight is 532 g/mol. The van der Waals surface area contributed by atoms with Gasteiger partial charge in [0.1, 0.15) is 22.7 Å². The Morgan fingerprint density at radius 2 is 1.68 bits per heavy atom. The van der Waals surface area contributed by atoms with Crippen molar-refractivity contribution in [3.8, 4) is 0 Å². The Kier molecular flexibility index (Phi) is 6.70. The topological polar surface area (TPSA) is 133 Å². The van der Waals surface area contributed by atoms with E-state index in [0.717, 1.165) is 10.5 Å². The van der Waals surface area contributed by atoms with Crippen molar-refractivity contribution in [1.29, 1.82) is 0 Å². The molecule has 0 bridgehead atoms. The predicted octanol–water partition coefficient (Wildman–Crippen LogP) is 1.89. The first kappa shape index (κ1) is 26.8. The van der Waals surface area contributed by atoms with Crippen molar-refractivity contribution in [2.75, 3.05) is 32.7 Å². The van der Waals surface area contributed by atoms with E-state index in [9.17, 15) is 22.8 Å². The molecular weight excluding hydrogens is 498 g/mol. The summed E-state index contributed by atoms with van der Waals surface area (Å²) in [6, 6.07) is 6.87. The summed E-state index contributed by atoms with van der Waals surface area (Å²) < 4.78 is 32.3. The molecule has 1 aromatic heterocycles. The highest BCUT2D eigenvalue weighted by atomic mass is 32.2. The third-order valence-electron chi connectivity index (χ3n) is 7.05. The molecule has 1 unspecified atom stereocenters. The Morgan fingerprint density at radius 3 is 2.19 bits per heavy atom. The minimum Gasteiger partial charge on any atom is -0.360 e. The molecule has 1 atom stereocenters. The number of nitrogens with one attached hydrogen (secondary N) is 1. The number of hydrogen-bond donors (Lipinski definition) is 1. The van der Waals surface area contributed by atoms with Gasteiger partial charge in [0, 0.05) is 26.2 Å². The van der Waals surface area contributed by atoms with Gasteiger partial charge in [-0.25, -0.2) is 13.2 Å². The van der Waals surface area contributed by atoms with Gasteiger partial charge in [0.05, 0.1) is 0 Å². The summed E-state index contributed by atoms with van der Waals surface area (Å²) >= 11 is 0. The van der Waals surface area contributed by atoms with Crippen LogP contribution < -0.4 is 5.32 Å². The molecular formula is C25H33N5O6S. The fourth-order valence-electron chi connectivity index (χ4n) is 4.72. The first-order valence-electron chi connectivity index (χ1n) is 12.1. The maximum atomic E-state index is 13.3. The number of piperazine rings is 1. The lowest BCUT2D eigenvalue weighted by molar-refractivity contribution is -0.139. The lowest BCUT2D eigenvalue weighted by atomic mass is 9.84. The number of aromatic nitrogens is 1. The van der Waals surface area contributed by atoms with Crippen LogP contribution in [0.25, 0.3) is 0 Å². The van der Waals surface area contributed by atoms with Gasteiger partial charge >= 0.3 is 6.03 Å². The fraction of sp³-hybridized carbons (Fsp3) is 0.520. The quantitative estimate of drug-likeness (QED) is 0.583. The zero-order valence-corrected chi connectivity index (χ0v) is 22.8. The van der Waals surface area contributed by atoms with E-state index in [1.165, 1.54) is 16.1 Å². The Bertz CT molecular complexity index is 1320. The van der Waals surface area contributed by atoms with E-state index in [1.807, 2.05) is 24.3 Å². The normalized spacial score (nSPS) is 21.5. The Hall–Kier alpha value is -3.25. The number of carbonyl (C=O) groups is 3. The molecule has 0 radical (unpaired) electrons. The van der Waals surface area contributed by atoms with Gasteiger partial charge in [-0.1, -0.05) is 50.2 Å². The van der Waals surface area contributed by atoms with Crippen molar-refractivity contribution in [1.82, 2.24) is 24.6 Å². The van der Waals surface area contributed by atoms with E-state index in [1.54, 1.807) is 13.8 Å². The summed E-state index contributed by atoms with van der Waals surface area (Å²) in [5, 5.41) is 6.45. The third kappa shape index (κ3) is 4.75. The number of hydrogen-bond acceptors (Lipinski definition) is 7. The van der Waals surface area contributed by atoms with Crippen molar-refractivity contribution >= 4 is 27.9 Å². The SMILES string of the molecule is Cc1noc(C)c1S(=O)(=O)N1CCN(C(=O)CN2C(=O)NC(C)(c3ccc(C(C)(C)C)cc3)C2=O)CC1. The van der Waals surface area contributed by atoms with E-state index in [2.05, 4.69) is 31.2 Å². The number of aryl methyl sites for hydroxylation is 2. The van der Waals surface area contributed by atoms with E-state index in [0.29, 0.717) is 5.56 Å². The Balaban J connectivity index is 1.41. The van der Waals surface area contributed by atoms with Crippen molar-refractivity contribution in [2.24, 2.45) is 0 Å². The van der Waals surface area contributed by atoms with Crippen molar-refractivity contribution in [3.63, 3.8) is 0 Å². The molecule has 2 saturated heterocycles. The molecule has 2 aliphatic rings. The molecule has 2 aromatic rings. The summed E-state index contributed by atoms with van der Waals surface area (Å²) in [7, 11) is -3.82. The highest BCUT2D eigenvalue weighted by molar-refractivity contribution is 7.89. The van der Waals surface area contributed by atoms with E-state index >= 15 is 0 Å². The average Bonchev–Trinajstić information content (AvgIpc) is 3.29. The number of nitrogens with zero attached hydrogens (tertiary/aromatic N) is 4. The first-order valence-corrected chi connectivity index (χ1v) is 13.6. The minimum absolute atomic E-state index is 0.0430. The summed E-state index contributed by atoms with van der Waals surface area (Å²) in [5.74, 6) is -0.718. The lowest BCUT2D eigenvalue weighted by Crippen LogP contribution is -2.53. The fourth-order valence-corrected chi connectivity index (χ4v) is 6.44. The van der Waals surface area contributed by atoms with E-state index < -0.39 is 40.0 Å². The molecule has 2 aliphatic heterocycles. The zero-order valence-electron chi connectivity index (χ0n) is 22.0. The predicted molar refractivity (Wildman–Crippen MR) is 134 cm³/mol. The van der Waals surface area contributed by atoms with Gasteiger partial charge in [0.2, 0.25) is 15.9 Å². The molecule has 11 nitrogen and oxygen atoms in total. The van der Waals surface area contributed by atoms with Crippen LogP contribution in [0.5, 0.6) is 0 Å². The third-order valence-corrected chi connectivity index (χ3v) is 9.20. The van der Waals surface area contributed by atoms with Crippen LogP contribution in [0, 0.1) is 13.8 Å². The maximum Gasteiger partial charge on any atom is 0.325 e. The second kappa shape index (κ2) is 9.25. The van der Waals surface area contributed by atoms with E-state index in [4.69, 9.17) is 4.52 Å². The van der Waals surface area contributed by atoms with Crippen LogP contribution in [-0.2, 0) is 30.6 Å². The van der Waals surface area contributed by atoms with Crippen molar-refractivity contribution in [3.05, 3.63) is 46.8 Å². The number of carbonyl (C=O) groups excluding carboxylic acids is 3. The number of imide groups is 1. The van der Waals surface area contributed by atoms with Gasteiger partial charge in [-0.05, 0) is 37.3 Å². The largest absolute Gasteiger partial charge is 0.360 e. The minimum atomic E-state index is -3.82. The van der Waals surface area contributed by atoms with Crippen molar-refractivity contribution in [2.45, 2.75) is 57.4 Å². The van der Waals surface area contributed by atoms with Crippen LogP contribution >= 0.6 is 0 Å². The molecule has 0 spiro atoms. The summed E-state index contributed by atoms with van der Waals surface area (Å²) in [6.45, 7) is 11.0. The highest BCUT2D eigenvalue weighted by Crippen LogP contribution is 2.31. The lowest BCUT2D eigenvalue weighted by Gasteiger charge is -2.34. The van der Waals surface area contributed by atoms with Gasteiger partial charge in [-0.15, -0.1) is 0 Å². The van der Waals surface area contributed by atoms with Gasteiger partial charge in [0.25, 0.3) is 5.91 Å². The molecule has 2 fully saturated rings. The molecule has 12 heteroatoms. The van der Waals surface area contributed by atoms with Crippen LogP contribution in [0.2, 0.25) is 0 Å². The number of benzene rings is 1. The molecule has 37 heavy (non-hydrogen) atoms. The summed E-state index contributed by atoms with van der Waals surface area (Å²) in [4.78, 5) is 41.4. The number of rotatable bonds is 5. The summed E-state index contributed by atoms with van der Waals surface area (Å²) in [6.07, 6.45) is 0. The van der Waals surface area contributed by atoms with Gasteiger partial charge < -0.3 is 14.7 Å². The van der Waals surface area contributed by atoms with Crippen LogP contribution in [-0.4, -0.2) is 78.2 Å². The molecule has 200 valence electrons. The molecule has 0 aliphatic carbocycles.